The molecule has 0 aliphatic carbocycles. The maximum atomic E-state index is 3.54. The van der Waals surface area contributed by atoms with Crippen LogP contribution in [0.5, 0.6) is 0 Å². The van der Waals surface area contributed by atoms with Crippen LogP contribution < -0.4 is 5.32 Å². The van der Waals surface area contributed by atoms with Gasteiger partial charge in [-0.25, -0.2) is 0 Å². The maximum Gasteiger partial charge on any atom is 0.0226 e. The molecule has 0 unspecified atom stereocenters. The molecule has 0 radical (unpaired) electrons. The first-order valence-corrected chi connectivity index (χ1v) is 7.45. The predicted octanol–water partition coefficient (Wildman–Crippen LogP) is 3.78. The molecule has 0 aromatic carbocycles. The van der Waals surface area contributed by atoms with Gasteiger partial charge in [-0.05, 0) is 61.2 Å². The van der Waals surface area contributed by atoms with Crippen LogP contribution in [0.25, 0.3) is 0 Å². The van der Waals surface area contributed by atoms with Crippen molar-refractivity contribution in [3.63, 3.8) is 0 Å². The van der Waals surface area contributed by atoms with E-state index < -0.39 is 0 Å². The molecule has 0 aliphatic heterocycles. The van der Waals surface area contributed by atoms with Gasteiger partial charge < -0.3 is 9.88 Å². The number of aryl methyl sites for hydroxylation is 2. The van der Waals surface area contributed by atoms with Crippen LogP contribution in [-0.4, -0.2) is 4.57 Å². The zero-order valence-electron chi connectivity index (χ0n) is 11.7. The van der Waals surface area contributed by atoms with Gasteiger partial charge in [-0.1, -0.05) is 0 Å². The number of nitrogens with one attached hydrogen (secondary N) is 1. The summed E-state index contributed by atoms with van der Waals surface area (Å²) in [5.41, 5.74) is 6.99. The number of rotatable bonds is 5. The summed E-state index contributed by atoms with van der Waals surface area (Å²) in [7, 11) is 0. The minimum atomic E-state index is 0.953. The fourth-order valence-corrected chi connectivity index (χ4v) is 3.29. The molecule has 2 heterocycles. The summed E-state index contributed by atoms with van der Waals surface area (Å²) < 4.78 is 2.37. The largest absolute Gasteiger partial charge is 0.349 e. The molecule has 98 valence electrons. The van der Waals surface area contributed by atoms with Gasteiger partial charge in [0.25, 0.3) is 0 Å². The molecular formula is C15H22N2S. The van der Waals surface area contributed by atoms with E-state index in [1.807, 2.05) is 0 Å². The Morgan fingerprint density at radius 3 is 2.39 bits per heavy atom. The molecule has 0 spiro atoms. The Kier molecular flexibility index (Phi) is 4.25. The summed E-state index contributed by atoms with van der Waals surface area (Å²) >= 11 is 1.78. The first-order valence-electron chi connectivity index (χ1n) is 6.51. The highest BCUT2D eigenvalue weighted by Gasteiger charge is 2.07. The molecule has 2 nitrogen and oxygen atoms in total. The van der Waals surface area contributed by atoms with Crippen molar-refractivity contribution in [3.8, 4) is 0 Å². The fraction of sp³-hybridized carbons (Fsp3) is 0.467. The molecule has 0 atom stereocenters. The van der Waals surface area contributed by atoms with E-state index in [2.05, 4.69) is 54.4 Å². The molecule has 0 fully saturated rings. The molecule has 0 bridgehead atoms. The van der Waals surface area contributed by atoms with Crippen molar-refractivity contribution >= 4 is 11.3 Å². The van der Waals surface area contributed by atoms with Crippen LogP contribution in [0.3, 0.4) is 0 Å². The summed E-state index contributed by atoms with van der Waals surface area (Å²) in [6.07, 6.45) is 0. The van der Waals surface area contributed by atoms with Gasteiger partial charge in [0.05, 0.1) is 0 Å². The van der Waals surface area contributed by atoms with Gasteiger partial charge in [-0.15, -0.1) is 0 Å². The predicted molar refractivity (Wildman–Crippen MR) is 79.2 cm³/mol. The topological polar surface area (TPSA) is 17.0 Å². The molecule has 2 aromatic heterocycles. The van der Waals surface area contributed by atoms with E-state index in [-0.39, 0.29) is 0 Å². The standard InChI is InChI=1S/C15H22N2S/c1-5-17-12(3)6-14(13(17)4)7-16-8-15-10-18-9-11(15)2/h6,9-10,16H,5,7-8H2,1-4H3. The van der Waals surface area contributed by atoms with E-state index in [1.54, 1.807) is 11.3 Å². The van der Waals surface area contributed by atoms with Crippen molar-refractivity contribution in [3.05, 3.63) is 44.9 Å². The van der Waals surface area contributed by atoms with E-state index in [1.165, 1.54) is 28.1 Å². The maximum absolute atomic E-state index is 3.54. The molecule has 2 rings (SSSR count). The quantitative estimate of drug-likeness (QED) is 0.867. The number of nitrogens with zero attached hydrogens (tertiary/aromatic N) is 1. The normalized spacial score (nSPS) is 11.1. The molecule has 0 saturated heterocycles. The molecule has 2 aromatic rings. The third-order valence-electron chi connectivity index (χ3n) is 3.59. The lowest BCUT2D eigenvalue weighted by atomic mass is 10.2. The third-order valence-corrected chi connectivity index (χ3v) is 4.50. The molecule has 18 heavy (non-hydrogen) atoms. The summed E-state index contributed by atoms with van der Waals surface area (Å²) in [4.78, 5) is 0. The fourth-order valence-electron chi connectivity index (χ4n) is 2.44. The van der Waals surface area contributed by atoms with Crippen molar-refractivity contribution in [1.82, 2.24) is 9.88 Å². The molecule has 0 aliphatic rings. The van der Waals surface area contributed by atoms with Crippen LogP contribution in [0.15, 0.2) is 16.8 Å². The summed E-state index contributed by atoms with van der Waals surface area (Å²) in [5.74, 6) is 0. The van der Waals surface area contributed by atoms with Crippen LogP contribution in [0.4, 0.5) is 0 Å². The highest BCUT2D eigenvalue weighted by atomic mass is 32.1. The number of aromatic nitrogens is 1. The lowest BCUT2D eigenvalue weighted by molar-refractivity contribution is 0.675. The molecule has 1 N–H and O–H groups in total. The first-order chi connectivity index (χ1) is 8.63. The second-order valence-electron chi connectivity index (χ2n) is 4.82. The van der Waals surface area contributed by atoms with E-state index in [0.29, 0.717) is 0 Å². The van der Waals surface area contributed by atoms with Gasteiger partial charge >= 0.3 is 0 Å². The lowest BCUT2D eigenvalue weighted by Crippen LogP contribution is -2.13. The summed E-state index contributed by atoms with van der Waals surface area (Å²) in [6, 6.07) is 2.30. The molecule has 0 saturated carbocycles. The van der Waals surface area contributed by atoms with Crippen LogP contribution in [0, 0.1) is 20.8 Å². The Hall–Kier alpha value is -1.06. The highest BCUT2D eigenvalue weighted by Crippen LogP contribution is 2.16. The lowest BCUT2D eigenvalue weighted by Gasteiger charge is -2.07. The first kappa shape index (κ1) is 13.4. The third kappa shape index (κ3) is 2.68. The Morgan fingerprint density at radius 2 is 1.83 bits per heavy atom. The number of hydrogen-bond acceptors (Lipinski definition) is 2. The average molecular weight is 262 g/mol. The number of thiophene rings is 1. The Morgan fingerprint density at radius 1 is 1.11 bits per heavy atom. The van der Waals surface area contributed by atoms with Gasteiger partial charge in [0, 0.05) is 31.0 Å². The zero-order valence-corrected chi connectivity index (χ0v) is 12.5. The van der Waals surface area contributed by atoms with E-state index in [0.717, 1.165) is 19.6 Å². The van der Waals surface area contributed by atoms with Crippen molar-refractivity contribution in [1.29, 1.82) is 0 Å². The van der Waals surface area contributed by atoms with E-state index in [9.17, 15) is 0 Å². The van der Waals surface area contributed by atoms with Gasteiger partial charge in [-0.3, -0.25) is 0 Å². The molecule has 0 amide bonds. The Labute approximate surface area is 114 Å². The van der Waals surface area contributed by atoms with Crippen molar-refractivity contribution in [2.45, 2.75) is 47.3 Å². The summed E-state index contributed by atoms with van der Waals surface area (Å²) in [6.45, 7) is 11.7. The van der Waals surface area contributed by atoms with E-state index >= 15 is 0 Å². The minimum Gasteiger partial charge on any atom is -0.349 e. The van der Waals surface area contributed by atoms with Crippen LogP contribution in [0.2, 0.25) is 0 Å². The Bertz CT molecular complexity index is 523. The van der Waals surface area contributed by atoms with Crippen molar-refractivity contribution in [2.24, 2.45) is 0 Å². The van der Waals surface area contributed by atoms with Gasteiger partial charge in [0.2, 0.25) is 0 Å². The van der Waals surface area contributed by atoms with Gasteiger partial charge in [0.15, 0.2) is 0 Å². The van der Waals surface area contributed by atoms with Crippen LogP contribution in [-0.2, 0) is 19.6 Å². The molecular weight excluding hydrogens is 240 g/mol. The zero-order chi connectivity index (χ0) is 13.1. The van der Waals surface area contributed by atoms with Crippen molar-refractivity contribution < 1.29 is 0 Å². The van der Waals surface area contributed by atoms with Crippen LogP contribution >= 0.6 is 11.3 Å². The van der Waals surface area contributed by atoms with Gasteiger partial charge in [-0.2, -0.15) is 11.3 Å². The average Bonchev–Trinajstić information content (AvgIpc) is 2.85. The van der Waals surface area contributed by atoms with Crippen LogP contribution in [0.1, 0.15) is 35.0 Å². The van der Waals surface area contributed by atoms with Crippen molar-refractivity contribution in [2.75, 3.05) is 0 Å². The van der Waals surface area contributed by atoms with Gasteiger partial charge in [0.1, 0.15) is 0 Å². The second-order valence-corrected chi connectivity index (χ2v) is 5.57. The smallest absolute Gasteiger partial charge is 0.0226 e. The summed E-state index contributed by atoms with van der Waals surface area (Å²) in [5, 5.41) is 7.99. The van der Waals surface area contributed by atoms with E-state index in [4.69, 9.17) is 0 Å². The number of hydrogen-bond donors (Lipinski definition) is 1. The molecule has 3 heteroatoms. The SMILES string of the molecule is CCn1c(C)cc(CNCc2cscc2C)c1C. The Balaban J connectivity index is 1.97. The second kappa shape index (κ2) is 5.72. The monoisotopic (exact) mass is 262 g/mol. The minimum absolute atomic E-state index is 0.953. The highest BCUT2D eigenvalue weighted by molar-refractivity contribution is 7.08.